The Morgan fingerprint density at radius 2 is 1.79 bits per heavy atom. The van der Waals surface area contributed by atoms with Crippen molar-refractivity contribution in [3.63, 3.8) is 0 Å². The Bertz CT molecular complexity index is 878. The maximum Gasteiger partial charge on any atom is 0.165 e. The number of halogens is 1. The summed E-state index contributed by atoms with van der Waals surface area (Å²) in [5, 5.41) is 1.03. The molecule has 1 aliphatic rings. The van der Waals surface area contributed by atoms with Gasteiger partial charge in [0.2, 0.25) is 0 Å². The van der Waals surface area contributed by atoms with E-state index in [-0.39, 0.29) is 5.82 Å². The predicted octanol–water partition coefficient (Wildman–Crippen LogP) is 4.81. The lowest BCUT2D eigenvalue weighted by Gasteiger charge is -2.35. The van der Waals surface area contributed by atoms with Crippen molar-refractivity contribution >= 4 is 16.7 Å². The number of anilines is 1. The molecular formula is C20H20FN3. The number of fused-ring (bicyclic) bond motifs is 1. The van der Waals surface area contributed by atoms with Crippen LogP contribution in [0.5, 0.6) is 0 Å². The van der Waals surface area contributed by atoms with E-state index in [1.165, 1.54) is 12.5 Å². The Hall–Kier alpha value is -2.49. The molecule has 0 amide bonds. The summed E-state index contributed by atoms with van der Waals surface area (Å²) < 4.78 is 14.2. The van der Waals surface area contributed by atoms with E-state index < -0.39 is 0 Å². The topological polar surface area (TPSA) is 29.0 Å². The Morgan fingerprint density at radius 3 is 2.62 bits per heavy atom. The van der Waals surface area contributed by atoms with Crippen molar-refractivity contribution in [3.8, 4) is 11.4 Å². The van der Waals surface area contributed by atoms with Crippen LogP contribution < -0.4 is 4.90 Å². The summed E-state index contributed by atoms with van der Waals surface area (Å²) in [4.78, 5) is 11.7. The van der Waals surface area contributed by atoms with Crippen LogP contribution in [-0.4, -0.2) is 22.6 Å². The van der Waals surface area contributed by atoms with Gasteiger partial charge >= 0.3 is 0 Å². The fourth-order valence-electron chi connectivity index (χ4n) is 3.45. The highest BCUT2D eigenvalue weighted by molar-refractivity contribution is 5.91. The molecule has 0 N–H and O–H groups in total. The molecule has 1 aliphatic heterocycles. The smallest absolute Gasteiger partial charge is 0.165 e. The van der Waals surface area contributed by atoms with Gasteiger partial charge in [0.1, 0.15) is 11.6 Å². The van der Waals surface area contributed by atoms with Crippen molar-refractivity contribution in [2.75, 3.05) is 11.4 Å². The van der Waals surface area contributed by atoms with Crippen molar-refractivity contribution in [1.29, 1.82) is 0 Å². The maximum atomic E-state index is 14.2. The van der Waals surface area contributed by atoms with E-state index in [1.807, 2.05) is 24.3 Å². The van der Waals surface area contributed by atoms with Gasteiger partial charge in [-0.05, 0) is 50.5 Å². The van der Waals surface area contributed by atoms with Crippen LogP contribution in [0.15, 0.2) is 48.5 Å². The minimum Gasteiger partial charge on any atom is -0.353 e. The number of benzene rings is 2. The molecule has 1 atom stereocenters. The summed E-state index contributed by atoms with van der Waals surface area (Å²) in [5.41, 5.74) is 1.31. The van der Waals surface area contributed by atoms with Gasteiger partial charge < -0.3 is 4.90 Å². The molecule has 0 aliphatic carbocycles. The van der Waals surface area contributed by atoms with Gasteiger partial charge in [-0.25, -0.2) is 14.4 Å². The molecule has 2 heterocycles. The van der Waals surface area contributed by atoms with Crippen LogP contribution in [0, 0.1) is 5.82 Å². The molecule has 4 rings (SSSR count). The van der Waals surface area contributed by atoms with Crippen LogP contribution >= 0.6 is 0 Å². The molecule has 24 heavy (non-hydrogen) atoms. The van der Waals surface area contributed by atoms with E-state index in [1.54, 1.807) is 12.1 Å². The lowest BCUT2D eigenvalue weighted by Crippen LogP contribution is -2.38. The van der Waals surface area contributed by atoms with E-state index in [0.29, 0.717) is 17.4 Å². The largest absolute Gasteiger partial charge is 0.353 e. The molecule has 3 aromatic rings. The second kappa shape index (κ2) is 6.19. The number of hydrogen-bond acceptors (Lipinski definition) is 3. The molecular weight excluding hydrogens is 301 g/mol. The van der Waals surface area contributed by atoms with Crippen molar-refractivity contribution < 1.29 is 4.39 Å². The number of piperidine rings is 1. The molecule has 122 valence electrons. The monoisotopic (exact) mass is 321 g/mol. The van der Waals surface area contributed by atoms with E-state index in [9.17, 15) is 4.39 Å². The lowest BCUT2D eigenvalue weighted by molar-refractivity contribution is 0.482. The van der Waals surface area contributed by atoms with Crippen LogP contribution in [0.25, 0.3) is 22.3 Å². The number of rotatable bonds is 2. The molecule has 2 aromatic carbocycles. The van der Waals surface area contributed by atoms with Gasteiger partial charge in [0, 0.05) is 18.0 Å². The number of para-hydroxylation sites is 1. The highest BCUT2D eigenvalue weighted by atomic mass is 19.1. The zero-order valence-electron chi connectivity index (χ0n) is 13.7. The van der Waals surface area contributed by atoms with Crippen molar-refractivity contribution in [2.24, 2.45) is 0 Å². The van der Waals surface area contributed by atoms with Gasteiger partial charge in [-0.2, -0.15) is 0 Å². The minimum atomic E-state index is -0.287. The van der Waals surface area contributed by atoms with Gasteiger partial charge in [0.25, 0.3) is 0 Å². The average molecular weight is 321 g/mol. The van der Waals surface area contributed by atoms with E-state index >= 15 is 0 Å². The van der Waals surface area contributed by atoms with Crippen LogP contribution in [0.3, 0.4) is 0 Å². The van der Waals surface area contributed by atoms with Crippen LogP contribution in [-0.2, 0) is 0 Å². The van der Waals surface area contributed by atoms with Gasteiger partial charge in [-0.15, -0.1) is 0 Å². The molecule has 1 saturated heterocycles. The summed E-state index contributed by atoms with van der Waals surface area (Å²) in [5.74, 6) is 1.09. The Kier molecular flexibility index (Phi) is 3.89. The SMILES string of the molecule is CC1CCCCN1c1nc(-c2ccccc2F)nc2ccccc12. The van der Waals surface area contributed by atoms with Crippen molar-refractivity contribution in [1.82, 2.24) is 9.97 Å². The Balaban J connectivity index is 1.93. The number of hydrogen-bond donors (Lipinski definition) is 0. The molecule has 0 radical (unpaired) electrons. The Morgan fingerprint density at radius 1 is 1.00 bits per heavy atom. The molecule has 1 aromatic heterocycles. The van der Waals surface area contributed by atoms with Crippen molar-refractivity contribution in [3.05, 3.63) is 54.3 Å². The highest BCUT2D eigenvalue weighted by Crippen LogP contribution is 2.32. The normalized spacial score (nSPS) is 18.1. The molecule has 0 spiro atoms. The molecule has 1 fully saturated rings. The zero-order chi connectivity index (χ0) is 16.5. The average Bonchev–Trinajstić information content (AvgIpc) is 2.62. The van der Waals surface area contributed by atoms with Gasteiger partial charge in [0.15, 0.2) is 5.82 Å². The van der Waals surface area contributed by atoms with E-state index in [4.69, 9.17) is 4.98 Å². The first kappa shape index (κ1) is 15.1. The third-order valence-corrected chi connectivity index (χ3v) is 4.77. The quantitative estimate of drug-likeness (QED) is 0.678. The first-order valence-corrected chi connectivity index (χ1v) is 8.52. The molecule has 0 saturated carbocycles. The van der Waals surface area contributed by atoms with Gasteiger partial charge in [-0.3, -0.25) is 0 Å². The predicted molar refractivity (Wildman–Crippen MR) is 95.6 cm³/mol. The van der Waals surface area contributed by atoms with E-state index in [2.05, 4.69) is 22.9 Å². The fraction of sp³-hybridized carbons (Fsp3) is 0.300. The first-order valence-electron chi connectivity index (χ1n) is 8.52. The van der Waals surface area contributed by atoms with Gasteiger partial charge in [0.05, 0.1) is 11.1 Å². The molecule has 3 nitrogen and oxygen atoms in total. The number of nitrogens with zero attached hydrogens (tertiary/aromatic N) is 3. The maximum absolute atomic E-state index is 14.2. The van der Waals surface area contributed by atoms with E-state index in [0.717, 1.165) is 36.1 Å². The molecule has 0 bridgehead atoms. The highest BCUT2D eigenvalue weighted by Gasteiger charge is 2.23. The standard InChI is InChI=1S/C20H20FN3/c1-14-8-6-7-13-24(14)20-16-10-3-5-12-18(16)22-19(23-20)15-9-2-4-11-17(15)21/h2-5,9-12,14H,6-8,13H2,1H3. The summed E-state index contributed by atoms with van der Waals surface area (Å²) in [7, 11) is 0. The molecule has 4 heteroatoms. The molecule has 1 unspecified atom stereocenters. The van der Waals surface area contributed by atoms with Crippen LogP contribution in [0.2, 0.25) is 0 Å². The lowest BCUT2D eigenvalue weighted by atomic mass is 10.0. The van der Waals surface area contributed by atoms with Crippen molar-refractivity contribution in [2.45, 2.75) is 32.2 Å². The summed E-state index contributed by atoms with van der Waals surface area (Å²) >= 11 is 0. The summed E-state index contributed by atoms with van der Waals surface area (Å²) in [6.45, 7) is 3.22. The fourth-order valence-corrected chi connectivity index (χ4v) is 3.45. The first-order chi connectivity index (χ1) is 11.7. The second-order valence-electron chi connectivity index (χ2n) is 6.41. The third-order valence-electron chi connectivity index (χ3n) is 4.77. The second-order valence-corrected chi connectivity index (χ2v) is 6.41. The summed E-state index contributed by atoms with van der Waals surface area (Å²) in [6.07, 6.45) is 3.58. The third kappa shape index (κ3) is 2.62. The summed E-state index contributed by atoms with van der Waals surface area (Å²) in [6, 6.07) is 15.1. The minimum absolute atomic E-state index is 0.287. The van der Waals surface area contributed by atoms with Crippen LogP contribution in [0.1, 0.15) is 26.2 Å². The zero-order valence-corrected chi connectivity index (χ0v) is 13.7. The van der Waals surface area contributed by atoms with Crippen LogP contribution in [0.4, 0.5) is 10.2 Å². The van der Waals surface area contributed by atoms with Gasteiger partial charge in [-0.1, -0.05) is 24.3 Å². The number of aromatic nitrogens is 2. The Labute approximate surface area is 141 Å².